The average Bonchev–Trinajstić information content (AvgIpc) is 2.92. The second kappa shape index (κ2) is 6.39. The summed E-state index contributed by atoms with van der Waals surface area (Å²) in [5.74, 6) is 0.516. The number of aryl methyl sites for hydroxylation is 1. The van der Waals surface area contributed by atoms with Crippen molar-refractivity contribution < 1.29 is 4.74 Å². The third kappa shape index (κ3) is 3.88. The van der Waals surface area contributed by atoms with Crippen molar-refractivity contribution >= 4 is 11.3 Å². The fourth-order valence-electron chi connectivity index (χ4n) is 3.62. The van der Waals surface area contributed by atoms with Crippen LogP contribution < -0.4 is 5.32 Å². The standard InChI is InChI=1S/C18H31NOS/c1-7-11-19-16(15-10-9-13(8-2)21-15)14-12-17(3,4)20-18(14,5)6/h9-10,14,16,19H,7-8,11-12H2,1-6H3. The van der Waals surface area contributed by atoms with E-state index in [0.29, 0.717) is 12.0 Å². The molecule has 1 aromatic rings. The molecule has 0 bridgehead atoms. The summed E-state index contributed by atoms with van der Waals surface area (Å²) in [6, 6.07) is 5.01. The normalized spacial score (nSPS) is 25.1. The van der Waals surface area contributed by atoms with E-state index >= 15 is 0 Å². The van der Waals surface area contributed by atoms with Crippen molar-refractivity contribution in [3.05, 3.63) is 21.9 Å². The predicted molar refractivity (Wildman–Crippen MR) is 92.1 cm³/mol. The van der Waals surface area contributed by atoms with Gasteiger partial charge in [0.25, 0.3) is 0 Å². The fraction of sp³-hybridized carbons (Fsp3) is 0.778. The van der Waals surface area contributed by atoms with Crippen molar-refractivity contribution in [1.82, 2.24) is 5.32 Å². The number of rotatable bonds is 6. The van der Waals surface area contributed by atoms with Gasteiger partial charge in [-0.25, -0.2) is 0 Å². The molecule has 0 spiro atoms. The lowest BCUT2D eigenvalue weighted by molar-refractivity contribution is -0.0777. The zero-order valence-electron chi connectivity index (χ0n) is 14.5. The number of thiophene rings is 1. The van der Waals surface area contributed by atoms with Gasteiger partial charge in [0.15, 0.2) is 0 Å². The molecule has 1 aliphatic heterocycles. The molecule has 21 heavy (non-hydrogen) atoms. The zero-order valence-corrected chi connectivity index (χ0v) is 15.3. The molecule has 0 saturated carbocycles. The molecule has 2 heterocycles. The quantitative estimate of drug-likeness (QED) is 0.803. The first-order valence-corrected chi connectivity index (χ1v) is 9.13. The number of ether oxygens (including phenoxy) is 1. The van der Waals surface area contributed by atoms with Crippen molar-refractivity contribution in [3.8, 4) is 0 Å². The Labute approximate surface area is 134 Å². The molecular weight excluding hydrogens is 278 g/mol. The Morgan fingerprint density at radius 3 is 2.48 bits per heavy atom. The van der Waals surface area contributed by atoms with Gasteiger partial charge in [0, 0.05) is 21.7 Å². The molecule has 2 rings (SSSR count). The fourth-order valence-corrected chi connectivity index (χ4v) is 4.71. The summed E-state index contributed by atoms with van der Waals surface area (Å²) >= 11 is 1.96. The lowest BCUT2D eigenvalue weighted by Gasteiger charge is -2.33. The predicted octanol–water partition coefficient (Wildman–Crippen LogP) is 4.94. The van der Waals surface area contributed by atoms with Crippen LogP contribution in [0.2, 0.25) is 0 Å². The van der Waals surface area contributed by atoms with Crippen molar-refractivity contribution in [2.75, 3.05) is 6.54 Å². The third-order valence-corrected chi connectivity index (χ3v) is 5.81. The lowest BCUT2D eigenvalue weighted by Crippen LogP contribution is -2.38. The molecule has 2 atom stereocenters. The van der Waals surface area contributed by atoms with E-state index in [2.05, 4.69) is 59.0 Å². The monoisotopic (exact) mass is 309 g/mol. The molecule has 1 aromatic heterocycles. The first kappa shape index (κ1) is 17.0. The molecule has 1 fully saturated rings. The summed E-state index contributed by atoms with van der Waals surface area (Å²) in [5, 5.41) is 3.79. The number of nitrogens with one attached hydrogen (secondary N) is 1. The molecule has 3 heteroatoms. The van der Waals surface area contributed by atoms with Crippen molar-refractivity contribution in [1.29, 1.82) is 0 Å². The zero-order chi connectivity index (χ0) is 15.7. The highest BCUT2D eigenvalue weighted by atomic mass is 32.1. The molecule has 120 valence electrons. The van der Waals surface area contributed by atoms with E-state index in [9.17, 15) is 0 Å². The van der Waals surface area contributed by atoms with Crippen LogP contribution in [-0.2, 0) is 11.2 Å². The van der Waals surface area contributed by atoms with Crippen LogP contribution in [0, 0.1) is 5.92 Å². The van der Waals surface area contributed by atoms with Crippen LogP contribution in [0.4, 0.5) is 0 Å². The van der Waals surface area contributed by atoms with Crippen molar-refractivity contribution in [3.63, 3.8) is 0 Å². The summed E-state index contributed by atoms with van der Waals surface area (Å²) in [6.45, 7) is 14.5. The minimum absolute atomic E-state index is 0.0227. The third-order valence-electron chi connectivity index (χ3n) is 4.50. The molecule has 2 nitrogen and oxygen atoms in total. The summed E-state index contributed by atoms with van der Waals surface area (Å²) in [7, 11) is 0. The van der Waals surface area contributed by atoms with E-state index in [1.807, 2.05) is 11.3 Å². The minimum Gasteiger partial charge on any atom is -0.369 e. The first-order chi connectivity index (χ1) is 9.79. The van der Waals surface area contributed by atoms with Crippen LogP contribution in [0.15, 0.2) is 12.1 Å². The molecule has 1 aliphatic rings. The van der Waals surface area contributed by atoms with Gasteiger partial charge in [0.1, 0.15) is 0 Å². The highest BCUT2D eigenvalue weighted by Gasteiger charge is 2.49. The molecule has 1 N–H and O–H groups in total. The Morgan fingerprint density at radius 2 is 2.00 bits per heavy atom. The molecule has 1 saturated heterocycles. The van der Waals surface area contributed by atoms with E-state index in [-0.39, 0.29) is 11.2 Å². The van der Waals surface area contributed by atoms with Crippen LogP contribution in [0.3, 0.4) is 0 Å². The van der Waals surface area contributed by atoms with E-state index in [0.717, 1.165) is 19.4 Å². The van der Waals surface area contributed by atoms with E-state index in [1.54, 1.807) is 0 Å². The average molecular weight is 310 g/mol. The van der Waals surface area contributed by atoms with Gasteiger partial charge in [0.2, 0.25) is 0 Å². The first-order valence-electron chi connectivity index (χ1n) is 8.31. The molecule has 0 aromatic carbocycles. The second-order valence-corrected chi connectivity index (χ2v) is 8.57. The topological polar surface area (TPSA) is 21.3 Å². The summed E-state index contributed by atoms with van der Waals surface area (Å²) in [5.41, 5.74) is -0.101. The largest absolute Gasteiger partial charge is 0.369 e. The lowest BCUT2D eigenvalue weighted by atomic mass is 9.81. The van der Waals surface area contributed by atoms with Gasteiger partial charge in [-0.15, -0.1) is 11.3 Å². The Bertz CT molecular complexity index is 464. The van der Waals surface area contributed by atoms with Gasteiger partial charge in [0.05, 0.1) is 11.2 Å². The van der Waals surface area contributed by atoms with Crippen LogP contribution in [0.1, 0.15) is 70.2 Å². The SMILES string of the molecule is CCCNC(c1ccc(CC)s1)C1CC(C)(C)OC1(C)C. The maximum Gasteiger partial charge on any atom is 0.0681 e. The number of hydrogen-bond donors (Lipinski definition) is 1. The van der Waals surface area contributed by atoms with E-state index in [4.69, 9.17) is 4.74 Å². The second-order valence-electron chi connectivity index (χ2n) is 7.37. The Kier molecular flexibility index (Phi) is 5.17. The van der Waals surface area contributed by atoms with E-state index < -0.39 is 0 Å². The van der Waals surface area contributed by atoms with Gasteiger partial charge in [-0.3, -0.25) is 0 Å². The van der Waals surface area contributed by atoms with Crippen LogP contribution >= 0.6 is 11.3 Å². The molecular formula is C18H31NOS. The van der Waals surface area contributed by atoms with Crippen molar-refractivity contribution in [2.24, 2.45) is 5.92 Å². The maximum absolute atomic E-state index is 6.33. The molecule has 0 radical (unpaired) electrons. The summed E-state index contributed by atoms with van der Waals surface area (Å²) in [6.07, 6.45) is 3.40. The van der Waals surface area contributed by atoms with Crippen molar-refractivity contribution in [2.45, 2.75) is 78.0 Å². The van der Waals surface area contributed by atoms with Gasteiger partial charge in [-0.1, -0.05) is 13.8 Å². The van der Waals surface area contributed by atoms with Crippen LogP contribution in [0.25, 0.3) is 0 Å². The summed E-state index contributed by atoms with van der Waals surface area (Å²) in [4.78, 5) is 2.95. The van der Waals surface area contributed by atoms with Gasteiger partial charge in [-0.05, 0) is 65.6 Å². The van der Waals surface area contributed by atoms with Gasteiger partial charge >= 0.3 is 0 Å². The Balaban J connectivity index is 2.27. The molecule has 2 unspecified atom stereocenters. The smallest absolute Gasteiger partial charge is 0.0681 e. The molecule has 0 aliphatic carbocycles. The highest BCUT2D eigenvalue weighted by Crippen LogP contribution is 2.48. The highest BCUT2D eigenvalue weighted by molar-refractivity contribution is 7.12. The summed E-state index contributed by atoms with van der Waals surface area (Å²) < 4.78 is 6.33. The maximum atomic E-state index is 6.33. The van der Waals surface area contributed by atoms with Crippen LogP contribution in [0.5, 0.6) is 0 Å². The van der Waals surface area contributed by atoms with Gasteiger partial charge < -0.3 is 10.1 Å². The van der Waals surface area contributed by atoms with Crippen LogP contribution in [-0.4, -0.2) is 17.7 Å². The Hall–Kier alpha value is -0.380. The number of hydrogen-bond acceptors (Lipinski definition) is 3. The Morgan fingerprint density at radius 1 is 1.29 bits per heavy atom. The minimum atomic E-state index is -0.0781. The van der Waals surface area contributed by atoms with E-state index in [1.165, 1.54) is 16.2 Å². The molecule has 0 amide bonds. The van der Waals surface area contributed by atoms with Gasteiger partial charge in [-0.2, -0.15) is 0 Å².